The van der Waals surface area contributed by atoms with Gasteiger partial charge in [-0.05, 0) is 30.9 Å². The molecular formula is C19H28N6O2. The van der Waals surface area contributed by atoms with E-state index >= 15 is 0 Å². The second kappa shape index (κ2) is 8.33. The number of β-amino-alcohol motifs (C(OH)–C–C–N with tert-alkyl or cyclic N) is 1. The number of piperidine rings is 1. The van der Waals surface area contributed by atoms with Crippen LogP contribution < -0.4 is 4.90 Å². The molecule has 2 saturated heterocycles. The van der Waals surface area contributed by atoms with E-state index in [2.05, 4.69) is 25.0 Å². The fraction of sp³-hybridized carbons (Fsp3) is 0.632. The number of aryl methyl sites for hydroxylation is 1. The highest BCUT2D eigenvalue weighted by Gasteiger charge is 2.27. The van der Waals surface area contributed by atoms with Crippen molar-refractivity contribution in [1.82, 2.24) is 24.6 Å². The molecule has 2 aliphatic rings. The van der Waals surface area contributed by atoms with Gasteiger partial charge in [0.25, 0.3) is 0 Å². The molecule has 2 aromatic rings. The Kier molecular flexibility index (Phi) is 5.66. The number of hydrogen-bond acceptors (Lipinski definition) is 7. The molecule has 0 saturated carbocycles. The summed E-state index contributed by atoms with van der Waals surface area (Å²) in [5.41, 5.74) is 0.780. The van der Waals surface area contributed by atoms with Crippen LogP contribution in [0.1, 0.15) is 12.8 Å². The van der Waals surface area contributed by atoms with Gasteiger partial charge in [-0.2, -0.15) is 0 Å². The van der Waals surface area contributed by atoms with Crippen LogP contribution in [0.2, 0.25) is 0 Å². The summed E-state index contributed by atoms with van der Waals surface area (Å²) >= 11 is 0. The van der Waals surface area contributed by atoms with Gasteiger partial charge in [-0.15, -0.1) is 10.2 Å². The van der Waals surface area contributed by atoms with E-state index in [1.165, 1.54) is 0 Å². The van der Waals surface area contributed by atoms with Crippen LogP contribution in [0, 0.1) is 5.92 Å². The van der Waals surface area contributed by atoms with Gasteiger partial charge in [-0.25, -0.2) is 4.98 Å². The normalized spacial score (nSPS) is 20.7. The van der Waals surface area contributed by atoms with Crippen molar-refractivity contribution in [3.63, 3.8) is 0 Å². The van der Waals surface area contributed by atoms with Crippen molar-refractivity contribution < 1.29 is 9.84 Å². The molecule has 0 aromatic carbocycles. The maximum absolute atomic E-state index is 10.6. The van der Waals surface area contributed by atoms with E-state index in [1.54, 1.807) is 6.20 Å². The van der Waals surface area contributed by atoms with E-state index in [4.69, 9.17) is 4.74 Å². The Hall–Kier alpha value is -2.03. The largest absolute Gasteiger partial charge is 0.392 e. The Bertz CT molecular complexity index is 720. The predicted octanol–water partition coefficient (Wildman–Crippen LogP) is 0.787. The second-order valence-electron chi connectivity index (χ2n) is 7.44. The van der Waals surface area contributed by atoms with Gasteiger partial charge in [0.05, 0.1) is 19.3 Å². The first kappa shape index (κ1) is 18.3. The quantitative estimate of drug-likeness (QED) is 0.831. The van der Waals surface area contributed by atoms with E-state index in [9.17, 15) is 5.11 Å². The summed E-state index contributed by atoms with van der Waals surface area (Å²) in [5.74, 6) is 2.07. The molecule has 1 N–H and O–H groups in total. The molecule has 2 aromatic heterocycles. The number of imidazole rings is 1. The number of anilines is 1. The van der Waals surface area contributed by atoms with Crippen LogP contribution in [0.3, 0.4) is 0 Å². The summed E-state index contributed by atoms with van der Waals surface area (Å²) < 4.78 is 7.32. The van der Waals surface area contributed by atoms with E-state index < -0.39 is 0 Å². The molecule has 8 heteroatoms. The van der Waals surface area contributed by atoms with Crippen LogP contribution in [0.5, 0.6) is 0 Å². The van der Waals surface area contributed by atoms with E-state index in [0.29, 0.717) is 5.92 Å². The molecule has 27 heavy (non-hydrogen) atoms. The minimum atomic E-state index is -0.262. The Labute approximate surface area is 159 Å². The first-order chi connectivity index (χ1) is 13.2. The van der Waals surface area contributed by atoms with Crippen molar-refractivity contribution in [2.75, 3.05) is 50.8 Å². The van der Waals surface area contributed by atoms with Crippen LogP contribution in [0.25, 0.3) is 11.5 Å². The van der Waals surface area contributed by atoms with Crippen molar-refractivity contribution >= 4 is 5.82 Å². The number of aromatic nitrogens is 4. The fourth-order valence-corrected chi connectivity index (χ4v) is 3.94. The zero-order valence-corrected chi connectivity index (χ0v) is 15.9. The Morgan fingerprint density at radius 2 is 1.93 bits per heavy atom. The molecule has 2 fully saturated rings. The van der Waals surface area contributed by atoms with E-state index in [0.717, 1.165) is 76.1 Å². The monoisotopic (exact) mass is 372 g/mol. The lowest BCUT2D eigenvalue weighted by Gasteiger charge is -2.37. The van der Waals surface area contributed by atoms with Gasteiger partial charge in [0.2, 0.25) is 0 Å². The highest BCUT2D eigenvalue weighted by atomic mass is 16.5. The number of ether oxygens (including phenoxy) is 1. The van der Waals surface area contributed by atoms with Gasteiger partial charge in [-0.1, -0.05) is 0 Å². The zero-order valence-electron chi connectivity index (χ0n) is 15.9. The number of aliphatic hydroxyl groups is 1. The van der Waals surface area contributed by atoms with Crippen LogP contribution in [0.4, 0.5) is 5.82 Å². The molecule has 0 radical (unpaired) electrons. The van der Waals surface area contributed by atoms with Crippen LogP contribution in [-0.4, -0.2) is 81.8 Å². The van der Waals surface area contributed by atoms with Crippen molar-refractivity contribution in [2.24, 2.45) is 13.0 Å². The van der Waals surface area contributed by atoms with Gasteiger partial charge in [0.15, 0.2) is 11.6 Å². The fourth-order valence-electron chi connectivity index (χ4n) is 3.94. The Balaban J connectivity index is 1.30. The summed E-state index contributed by atoms with van der Waals surface area (Å²) in [6.45, 7) is 5.96. The lowest BCUT2D eigenvalue weighted by molar-refractivity contribution is -0.00254. The van der Waals surface area contributed by atoms with Crippen molar-refractivity contribution in [2.45, 2.75) is 18.9 Å². The van der Waals surface area contributed by atoms with E-state index in [1.807, 2.05) is 29.9 Å². The van der Waals surface area contributed by atoms with Crippen molar-refractivity contribution in [3.8, 4) is 11.5 Å². The maximum atomic E-state index is 10.6. The average Bonchev–Trinajstić information content (AvgIpc) is 3.15. The minimum absolute atomic E-state index is 0.262. The SMILES string of the molecule is Cn1ccnc1-c1ccc(N2CCC(C(O)CN3CCOCC3)CC2)nn1. The molecule has 146 valence electrons. The number of nitrogens with zero attached hydrogens (tertiary/aromatic N) is 6. The topological polar surface area (TPSA) is 79.5 Å². The molecule has 1 atom stereocenters. The van der Waals surface area contributed by atoms with Crippen molar-refractivity contribution in [3.05, 3.63) is 24.5 Å². The number of aliphatic hydroxyl groups excluding tert-OH is 1. The summed E-state index contributed by atoms with van der Waals surface area (Å²) in [6.07, 6.45) is 5.36. The highest BCUT2D eigenvalue weighted by Crippen LogP contribution is 2.25. The molecule has 0 amide bonds. The standard InChI is InChI=1S/C19H28N6O2/c1-23-9-6-20-19(23)16-2-3-18(22-21-16)25-7-4-15(5-8-25)17(26)14-24-10-12-27-13-11-24/h2-3,6,9,15,17,26H,4-5,7-8,10-14H2,1H3. The first-order valence-corrected chi connectivity index (χ1v) is 9.75. The lowest BCUT2D eigenvalue weighted by atomic mass is 9.91. The number of hydrogen-bond donors (Lipinski definition) is 1. The zero-order chi connectivity index (χ0) is 18.6. The number of rotatable bonds is 5. The first-order valence-electron chi connectivity index (χ1n) is 9.75. The molecule has 2 aliphatic heterocycles. The molecule has 4 rings (SSSR count). The number of morpholine rings is 1. The third-order valence-corrected chi connectivity index (χ3v) is 5.66. The van der Waals surface area contributed by atoms with Gasteiger partial charge in [0, 0.05) is 52.2 Å². The van der Waals surface area contributed by atoms with Crippen molar-refractivity contribution in [1.29, 1.82) is 0 Å². The van der Waals surface area contributed by atoms with Gasteiger partial charge in [-0.3, -0.25) is 4.90 Å². The van der Waals surface area contributed by atoms with Gasteiger partial charge in [0.1, 0.15) is 5.69 Å². The molecule has 0 spiro atoms. The predicted molar refractivity (Wildman–Crippen MR) is 102 cm³/mol. The third kappa shape index (κ3) is 4.28. The summed E-state index contributed by atoms with van der Waals surface area (Å²) in [4.78, 5) is 8.88. The average molecular weight is 372 g/mol. The minimum Gasteiger partial charge on any atom is -0.392 e. The van der Waals surface area contributed by atoms with Gasteiger partial charge >= 0.3 is 0 Å². The molecule has 0 aliphatic carbocycles. The lowest BCUT2D eigenvalue weighted by Crippen LogP contribution is -2.45. The highest BCUT2D eigenvalue weighted by molar-refractivity contribution is 5.51. The Morgan fingerprint density at radius 1 is 1.15 bits per heavy atom. The third-order valence-electron chi connectivity index (χ3n) is 5.66. The summed E-state index contributed by atoms with van der Waals surface area (Å²) in [7, 11) is 1.95. The smallest absolute Gasteiger partial charge is 0.160 e. The van der Waals surface area contributed by atoms with E-state index in [-0.39, 0.29) is 6.10 Å². The molecule has 1 unspecified atom stereocenters. The van der Waals surface area contributed by atoms with Crippen LogP contribution >= 0.6 is 0 Å². The van der Waals surface area contributed by atoms with Crippen LogP contribution in [-0.2, 0) is 11.8 Å². The second-order valence-corrected chi connectivity index (χ2v) is 7.44. The summed E-state index contributed by atoms with van der Waals surface area (Å²) in [5, 5.41) is 19.4. The molecular weight excluding hydrogens is 344 g/mol. The molecule has 0 bridgehead atoms. The Morgan fingerprint density at radius 3 is 2.56 bits per heavy atom. The maximum Gasteiger partial charge on any atom is 0.160 e. The summed E-state index contributed by atoms with van der Waals surface area (Å²) in [6, 6.07) is 3.99. The molecule has 8 nitrogen and oxygen atoms in total. The molecule has 4 heterocycles. The van der Waals surface area contributed by atoms with Crippen LogP contribution in [0.15, 0.2) is 24.5 Å². The van der Waals surface area contributed by atoms with Gasteiger partial charge < -0.3 is 19.3 Å².